The Morgan fingerprint density at radius 2 is 1.92 bits per heavy atom. The molecule has 1 aliphatic rings. The van der Waals surface area contributed by atoms with Gasteiger partial charge in [0.1, 0.15) is 17.3 Å². The number of carbonyl (C=O) groups excluding carboxylic acids is 2. The number of nitrogens with one attached hydrogen (secondary N) is 1. The Balaban J connectivity index is 1.40. The molecule has 2 amide bonds. The summed E-state index contributed by atoms with van der Waals surface area (Å²) in [5.41, 5.74) is 2.22. The number of carbonyl (C=O) groups is 2. The van der Waals surface area contributed by atoms with Crippen molar-refractivity contribution in [1.82, 2.24) is 15.3 Å². The molecule has 0 radical (unpaired) electrons. The van der Waals surface area contributed by atoms with Crippen molar-refractivity contribution in [3.8, 4) is 0 Å². The van der Waals surface area contributed by atoms with Crippen LogP contribution in [0, 0.1) is 6.92 Å². The molecular formula is C26H22N4O4S3. The maximum Gasteiger partial charge on any atom is 0.274 e. The summed E-state index contributed by atoms with van der Waals surface area (Å²) < 4.78 is 26.1. The van der Waals surface area contributed by atoms with Crippen LogP contribution < -0.4 is 10.2 Å². The molecule has 0 spiro atoms. The highest BCUT2D eigenvalue weighted by molar-refractivity contribution is 7.90. The van der Waals surface area contributed by atoms with Crippen LogP contribution in [0.15, 0.2) is 76.1 Å². The number of nitrogens with zero attached hydrogens (tertiary/aromatic N) is 3. The molecule has 0 atom stereocenters. The average Bonchev–Trinajstić information content (AvgIpc) is 3.65. The minimum absolute atomic E-state index is 0.155. The Kier molecular flexibility index (Phi) is 7.00. The summed E-state index contributed by atoms with van der Waals surface area (Å²) in [5, 5.41) is 6.46. The van der Waals surface area contributed by atoms with Crippen LogP contribution in [0.5, 0.6) is 0 Å². The third kappa shape index (κ3) is 5.53. The molecular weight excluding hydrogens is 529 g/mol. The normalized spacial score (nSPS) is 13.4. The van der Waals surface area contributed by atoms with E-state index in [0.717, 1.165) is 10.4 Å². The minimum atomic E-state index is -3.68. The van der Waals surface area contributed by atoms with Crippen molar-refractivity contribution in [2.24, 2.45) is 0 Å². The number of thiophene rings is 2. The van der Waals surface area contributed by atoms with E-state index in [9.17, 15) is 18.0 Å². The summed E-state index contributed by atoms with van der Waals surface area (Å²) in [7, 11) is -3.68. The van der Waals surface area contributed by atoms with Gasteiger partial charge in [0, 0.05) is 29.0 Å². The van der Waals surface area contributed by atoms with Crippen molar-refractivity contribution in [3.63, 3.8) is 0 Å². The molecule has 0 unspecified atom stereocenters. The van der Waals surface area contributed by atoms with E-state index in [2.05, 4.69) is 15.3 Å². The third-order valence-electron chi connectivity index (χ3n) is 5.77. The van der Waals surface area contributed by atoms with Gasteiger partial charge < -0.3 is 10.2 Å². The van der Waals surface area contributed by atoms with Crippen LogP contribution in [-0.2, 0) is 26.8 Å². The molecule has 37 heavy (non-hydrogen) atoms. The lowest BCUT2D eigenvalue weighted by atomic mass is 10.2. The second kappa shape index (κ2) is 10.4. The number of fused-ring (bicyclic) bond motifs is 1. The average molecular weight is 551 g/mol. The molecule has 0 bridgehead atoms. The molecule has 1 aromatic carbocycles. The van der Waals surface area contributed by atoms with Gasteiger partial charge in [-0.05, 0) is 72.1 Å². The van der Waals surface area contributed by atoms with Gasteiger partial charge >= 0.3 is 0 Å². The quantitative estimate of drug-likeness (QED) is 0.345. The Morgan fingerprint density at radius 1 is 1.11 bits per heavy atom. The van der Waals surface area contributed by atoms with Crippen molar-refractivity contribution < 1.29 is 18.0 Å². The van der Waals surface area contributed by atoms with Crippen LogP contribution in [0.25, 0.3) is 6.08 Å². The molecule has 0 saturated heterocycles. The molecule has 5 rings (SSSR count). The predicted molar refractivity (Wildman–Crippen MR) is 144 cm³/mol. The standard InChI is InChI=1S/C26H22N4O4S3/c1-17-8-10-27-24(28-17)16-37(33,34)20-6-7-22-18(14-20)9-11-30(22)26(32)21(15-19-4-2-12-35-19)29-25(31)23-5-3-13-36-23/h2-8,10,12-15H,9,11,16H2,1H3,(H,29,31)/b21-15+. The number of amides is 2. The third-order valence-corrected chi connectivity index (χ3v) is 9.07. The van der Waals surface area contributed by atoms with Crippen molar-refractivity contribution in [2.45, 2.75) is 24.0 Å². The van der Waals surface area contributed by atoms with Crippen molar-refractivity contribution >= 4 is 56.1 Å². The summed E-state index contributed by atoms with van der Waals surface area (Å²) >= 11 is 2.75. The predicted octanol–water partition coefficient (Wildman–Crippen LogP) is 4.24. The summed E-state index contributed by atoms with van der Waals surface area (Å²) in [6.45, 7) is 2.15. The molecule has 188 valence electrons. The Hall–Kier alpha value is -3.67. The van der Waals surface area contributed by atoms with Crippen LogP contribution in [0.1, 0.15) is 31.6 Å². The Morgan fingerprint density at radius 3 is 2.65 bits per heavy atom. The van der Waals surface area contributed by atoms with Gasteiger partial charge in [-0.1, -0.05) is 12.1 Å². The molecule has 4 heterocycles. The van der Waals surface area contributed by atoms with E-state index in [1.807, 2.05) is 17.5 Å². The number of hydrogen-bond donors (Lipinski definition) is 1. The number of anilines is 1. The number of sulfone groups is 1. The fourth-order valence-corrected chi connectivity index (χ4v) is 6.53. The zero-order valence-electron chi connectivity index (χ0n) is 19.7. The topological polar surface area (TPSA) is 109 Å². The van der Waals surface area contributed by atoms with Crippen LogP contribution in [0.4, 0.5) is 5.69 Å². The van der Waals surface area contributed by atoms with Crippen LogP contribution >= 0.6 is 22.7 Å². The number of aryl methyl sites for hydroxylation is 1. The van der Waals surface area contributed by atoms with Crippen molar-refractivity contribution in [3.05, 3.63) is 98.0 Å². The number of aromatic nitrogens is 2. The van der Waals surface area contributed by atoms with Gasteiger partial charge in [0.25, 0.3) is 11.8 Å². The van der Waals surface area contributed by atoms with E-state index in [1.54, 1.807) is 53.6 Å². The van der Waals surface area contributed by atoms with Gasteiger partial charge in [0.05, 0.1) is 9.77 Å². The van der Waals surface area contributed by atoms with Crippen LogP contribution in [0.2, 0.25) is 0 Å². The SMILES string of the molecule is Cc1ccnc(CS(=O)(=O)c2ccc3c(c2)CCN3C(=O)/C(=C\c2cccs2)NC(=O)c2cccs2)n1. The van der Waals surface area contributed by atoms with E-state index < -0.39 is 9.84 Å². The van der Waals surface area contributed by atoms with Crippen LogP contribution in [0.3, 0.4) is 0 Å². The van der Waals surface area contributed by atoms with E-state index in [1.165, 1.54) is 34.9 Å². The molecule has 8 nitrogen and oxygen atoms in total. The Bertz CT molecular complexity index is 1590. The number of rotatable bonds is 7. The van der Waals surface area contributed by atoms with Crippen molar-refractivity contribution in [2.75, 3.05) is 11.4 Å². The first-order valence-corrected chi connectivity index (χ1v) is 14.8. The lowest BCUT2D eigenvalue weighted by Crippen LogP contribution is -2.37. The second-order valence-electron chi connectivity index (χ2n) is 8.38. The zero-order chi connectivity index (χ0) is 26.0. The lowest BCUT2D eigenvalue weighted by Gasteiger charge is -2.20. The molecule has 1 N–H and O–H groups in total. The molecule has 11 heteroatoms. The highest BCUT2D eigenvalue weighted by Gasteiger charge is 2.30. The second-order valence-corrected chi connectivity index (χ2v) is 12.3. The van der Waals surface area contributed by atoms with Crippen LogP contribution in [-0.4, -0.2) is 36.7 Å². The first-order valence-electron chi connectivity index (χ1n) is 11.4. The first kappa shape index (κ1) is 25.0. The van der Waals surface area contributed by atoms with E-state index in [4.69, 9.17) is 0 Å². The fraction of sp³-hybridized carbons (Fsp3) is 0.154. The number of hydrogen-bond acceptors (Lipinski definition) is 8. The molecule has 1 aliphatic heterocycles. The molecule has 3 aromatic heterocycles. The monoisotopic (exact) mass is 550 g/mol. The zero-order valence-corrected chi connectivity index (χ0v) is 22.2. The van der Waals surface area contributed by atoms with Gasteiger partial charge in [-0.25, -0.2) is 18.4 Å². The van der Waals surface area contributed by atoms with Gasteiger partial charge in [-0.15, -0.1) is 22.7 Å². The highest BCUT2D eigenvalue weighted by atomic mass is 32.2. The molecule has 0 fully saturated rings. The smallest absolute Gasteiger partial charge is 0.274 e. The summed E-state index contributed by atoms with van der Waals surface area (Å²) in [5.74, 6) is -0.785. The summed E-state index contributed by atoms with van der Waals surface area (Å²) in [4.78, 5) is 37.7. The molecule has 0 aliphatic carbocycles. The van der Waals surface area contributed by atoms with Gasteiger partial charge in [-0.2, -0.15) is 0 Å². The lowest BCUT2D eigenvalue weighted by molar-refractivity contribution is -0.115. The Labute approximate surface area is 222 Å². The summed E-state index contributed by atoms with van der Waals surface area (Å²) in [6, 6.07) is 13.7. The maximum atomic E-state index is 13.6. The fourth-order valence-electron chi connectivity index (χ4n) is 4.01. The van der Waals surface area contributed by atoms with E-state index >= 15 is 0 Å². The minimum Gasteiger partial charge on any atom is -0.317 e. The van der Waals surface area contributed by atoms with E-state index in [-0.39, 0.29) is 34.0 Å². The first-order chi connectivity index (χ1) is 17.8. The number of benzene rings is 1. The van der Waals surface area contributed by atoms with Gasteiger partial charge in [0.2, 0.25) is 0 Å². The molecule has 4 aromatic rings. The molecule has 0 saturated carbocycles. The van der Waals surface area contributed by atoms with Gasteiger partial charge in [0.15, 0.2) is 9.84 Å². The van der Waals surface area contributed by atoms with Gasteiger partial charge in [-0.3, -0.25) is 9.59 Å². The van der Waals surface area contributed by atoms with E-state index in [0.29, 0.717) is 29.2 Å². The maximum absolute atomic E-state index is 13.6. The highest BCUT2D eigenvalue weighted by Crippen LogP contribution is 2.32. The van der Waals surface area contributed by atoms with Crippen molar-refractivity contribution in [1.29, 1.82) is 0 Å². The summed E-state index contributed by atoms with van der Waals surface area (Å²) in [6.07, 6.45) is 3.70. The largest absolute Gasteiger partial charge is 0.317 e.